The third kappa shape index (κ3) is 2.59. The van der Waals surface area contributed by atoms with E-state index in [-0.39, 0.29) is 11.9 Å². The zero-order chi connectivity index (χ0) is 15.0. The molecule has 3 heteroatoms. The molecule has 2 aliphatic rings. The summed E-state index contributed by atoms with van der Waals surface area (Å²) in [5.74, 6) is 0.763. The standard InChI is InChI=1S/C18H26N2O/c1-4-10-20-15-9-8-14(11-15)17(20)18(21)19-16-12(2)6-5-7-13(16)3/h5-7,14-15,17H,4,8-11H2,1-3H3,(H,19,21)/t14-,15+,17-/m0/s1. The van der Waals surface area contributed by atoms with Gasteiger partial charge in [-0.05, 0) is 63.1 Å². The van der Waals surface area contributed by atoms with E-state index in [9.17, 15) is 4.79 Å². The van der Waals surface area contributed by atoms with Gasteiger partial charge in [0.2, 0.25) is 5.91 Å². The Morgan fingerprint density at radius 3 is 2.67 bits per heavy atom. The normalized spacial score (nSPS) is 28.0. The van der Waals surface area contributed by atoms with E-state index in [0.717, 1.165) is 29.8 Å². The van der Waals surface area contributed by atoms with Gasteiger partial charge in [-0.2, -0.15) is 0 Å². The number of rotatable bonds is 4. The first-order chi connectivity index (χ1) is 10.1. The molecule has 1 aliphatic heterocycles. The van der Waals surface area contributed by atoms with E-state index in [1.54, 1.807) is 0 Å². The average Bonchev–Trinajstić information content (AvgIpc) is 3.04. The van der Waals surface area contributed by atoms with Gasteiger partial charge in [0, 0.05) is 11.7 Å². The van der Waals surface area contributed by atoms with Crippen molar-refractivity contribution >= 4 is 11.6 Å². The van der Waals surface area contributed by atoms with E-state index in [1.807, 2.05) is 6.07 Å². The number of piperidine rings is 1. The van der Waals surface area contributed by atoms with Gasteiger partial charge in [-0.3, -0.25) is 9.69 Å². The summed E-state index contributed by atoms with van der Waals surface area (Å²) in [6.45, 7) is 7.37. The highest BCUT2D eigenvalue weighted by Gasteiger charge is 2.48. The first-order valence-electron chi connectivity index (χ1n) is 8.24. The average molecular weight is 286 g/mol. The van der Waals surface area contributed by atoms with Gasteiger partial charge in [0.05, 0.1) is 6.04 Å². The van der Waals surface area contributed by atoms with Gasteiger partial charge in [0.1, 0.15) is 0 Å². The van der Waals surface area contributed by atoms with Crippen LogP contribution < -0.4 is 5.32 Å². The highest BCUT2D eigenvalue weighted by Crippen LogP contribution is 2.42. The number of amides is 1. The van der Waals surface area contributed by atoms with Gasteiger partial charge in [-0.15, -0.1) is 0 Å². The Balaban J connectivity index is 1.78. The highest BCUT2D eigenvalue weighted by molar-refractivity contribution is 5.96. The summed E-state index contributed by atoms with van der Waals surface area (Å²) < 4.78 is 0. The Kier molecular flexibility index (Phi) is 4.03. The summed E-state index contributed by atoms with van der Waals surface area (Å²) in [4.78, 5) is 15.3. The van der Waals surface area contributed by atoms with Gasteiger partial charge in [0.15, 0.2) is 0 Å². The minimum Gasteiger partial charge on any atom is -0.324 e. The predicted octanol–water partition coefficient (Wildman–Crippen LogP) is 3.50. The van der Waals surface area contributed by atoms with E-state index >= 15 is 0 Å². The maximum Gasteiger partial charge on any atom is 0.242 e. The summed E-state index contributed by atoms with van der Waals surface area (Å²) >= 11 is 0. The molecule has 0 radical (unpaired) electrons. The van der Waals surface area contributed by atoms with Crippen LogP contribution in [0.1, 0.15) is 43.7 Å². The van der Waals surface area contributed by atoms with Gasteiger partial charge in [0.25, 0.3) is 0 Å². The second-order valence-corrected chi connectivity index (χ2v) is 6.67. The van der Waals surface area contributed by atoms with Gasteiger partial charge in [-0.1, -0.05) is 25.1 Å². The molecule has 114 valence electrons. The molecule has 1 aromatic rings. The first-order valence-corrected chi connectivity index (χ1v) is 8.24. The molecule has 2 fully saturated rings. The summed E-state index contributed by atoms with van der Waals surface area (Å²) in [5, 5.41) is 3.21. The molecule has 3 nitrogen and oxygen atoms in total. The summed E-state index contributed by atoms with van der Waals surface area (Å²) in [7, 11) is 0. The van der Waals surface area contributed by atoms with Crippen LogP contribution >= 0.6 is 0 Å². The van der Waals surface area contributed by atoms with Crippen molar-refractivity contribution in [3.8, 4) is 0 Å². The number of para-hydroxylation sites is 1. The first kappa shape index (κ1) is 14.6. The Morgan fingerprint density at radius 2 is 2.00 bits per heavy atom. The van der Waals surface area contributed by atoms with Gasteiger partial charge in [-0.25, -0.2) is 0 Å². The van der Waals surface area contributed by atoms with Crippen LogP contribution in [0.4, 0.5) is 5.69 Å². The monoisotopic (exact) mass is 286 g/mol. The molecule has 0 unspecified atom stereocenters. The number of carbonyl (C=O) groups excluding carboxylic acids is 1. The zero-order valence-electron chi connectivity index (χ0n) is 13.4. The van der Waals surface area contributed by atoms with Crippen LogP contribution in [0.3, 0.4) is 0 Å². The molecule has 2 bridgehead atoms. The lowest BCUT2D eigenvalue weighted by Crippen LogP contribution is -2.48. The molecule has 1 aliphatic carbocycles. The summed E-state index contributed by atoms with van der Waals surface area (Å²) in [6.07, 6.45) is 4.83. The molecule has 3 atom stereocenters. The van der Waals surface area contributed by atoms with Crippen molar-refractivity contribution in [2.24, 2.45) is 5.92 Å². The maximum atomic E-state index is 12.8. The summed E-state index contributed by atoms with van der Waals surface area (Å²) in [5.41, 5.74) is 3.30. The van der Waals surface area contributed by atoms with E-state index in [0.29, 0.717) is 12.0 Å². The number of hydrogen-bond acceptors (Lipinski definition) is 2. The van der Waals surface area contributed by atoms with Gasteiger partial charge < -0.3 is 5.32 Å². The van der Waals surface area contributed by atoms with Crippen LogP contribution in [-0.4, -0.2) is 29.4 Å². The molecule has 1 N–H and O–H groups in total. The molecule has 0 aromatic heterocycles. The minimum absolute atomic E-state index is 0.0858. The van der Waals surface area contributed by atoms with Crippen LogP contribution in [0.25, 0.3) is 0 Å². The molecule has 21 heavy (non-hydrogen) atoms. The Morgan fingerprint density at radius 1 is 1.29 bits per heavy atom. The van der Waals surface area contributed by atoms with E-state index in [1.165, 1.54) is 19.3 Å². The number of nitrogens with one attached hydrogen (secondary N) is 1. The fourth-order valence-corrected chi connectivity index (χ4v) is 4.23. The van der Waals surface area contributed by atoms with Crippen molar-refractivity contribution in [2.45, 2.75) is 58.5 Å². The topological polar surface area (TPSA) is 32.3 Å². The number of benzene rings is 1. The van der Waals surface area contributed by atoms with E-state index in [2.05, 4.69) is 43.1 Å². The Labute approximate surface area is 127 Å². The number of likely N-dealkylation sites (tertiary alicyclic amines) is 1. The Bertz CT molecular complexity index is 520. The second-order valence-electron chi connectivity index (χ2n) is 6.67. The van der Waals surface area contributed by atoms with Gasteiger partial charge >= 0.3 is 0 Å². The lowest BCUT2D eigenvalue weighted by molar-refractivity contribution is -0.122. The van der Waals surface area contributed by atoms with E-state index < -0.39 is 0 Å². The van der Waals surface area contributed by atoms with Crippen molar-refractivity contribution in [1.29, 1.82) is 0 Å². The van der Waals surface area contributed by atoms with Crippen molar-refractivity contribution in [3.63, 3.8) is 0 Å². The van der Waals surface area contributed by atoms with Crippen LogP contribution in [0.15, 0.2) is 18.2 Å². The lowest BCUT2D eigenvalue weighted by Gasteiger charge is -2.34. The molecule has 0 spiro atoms. The third-order valence-electron chi connectivity index (χ3n) is 5.20. The number of aryl methyl sites for hydroxylation is 2. The number of nitrogens with zero attached hydrogens (tertiary/aromatic N) is 1. The quantitative estimate of drug-likeness (QED) is 0.918. The lowest BCUT2D eigenvalue weighted by atomic mass is 9.97. The summed E-state index contributed by atoms with van der Waals surface area (Å²) in [6, 6.07) is 6.90. The number of fused-ring (bicyclic) bond motifs is 2. The molecule has 1 saturated carbocycles. The fourth-order valence-electron chi connectivity index (χ4n) is 4.23. The van der Waals surface area contributed by atoms with Crippen molar-refractivity contribution < 1.29 is 4.79 Å². The molecule has 1 saturated heterocycles. The molecule has 1 heterocycles. The fraction of sp³-hybridized carbons (Fsp3) is 0.611. The van der Waals surface area contributed by atoms with Crippen LogP contribution in [0, 0.1) is 19.8 Å². The number of hydrogen-bond donors (Lipinski definition) is 1. The molecule has 1 aromatic carbocycles. The van der Waals surface area contributed by atoms with Crippen molar-refractivity contribution in [2.75, 3.05) is 11.9 Å². The molecule has 3 rings (SSSR count). The molecule has 1 amide bonds. The van der Waals surface area contributed by atoms with Crippen molar-refractivity contribution in [1.82, 2.24) is 4.90 Å². The number of anilines is 1. The zero-order valence-corrected chi connectivity index (χ0v) is 13.4. The number of carbonyl (C=O) groups is 1. The molecular weight excluding hydrogens is 260 g/mol. The van der Waals surface area contributed by atoms with Crippen LogP contribution in [0.2, 0.25) is 0 Å². The minimum atomic E-state index is 0.0858. The maximum absolute atomic E-state index is 12.8. The van der Waals surface area contributed by atoms with Crippen LogP contribution in [-0.2, 0) is 4.79 Å². The van der Waals surface area contributed by atoms with Crippen molar-refractivity contribution in [3.05, 3.63) is 29.3 Å². The smallest absolute Gasteiger partial charge is 0.242 e. The third-order valence-corrected chi connectivity index (χ3v) is 5.20. The predicted molar refractivity (Wildman–Crippen MR) is 86.5 cm³/mol. The van der Waals surface area contributed by atoms with E-state index in [4.69, 9.17) is 0 Å². The SMILES string of the molecule is CCCN1[C@@H]2CC[C@@H](C2)[C@H]1C(=O)Nc1c(C)cccc1C. The second kappa shape index (κ2) is 5.80. The molecular formula is C18H26N2O. The largest absolute Gasteiger partial charge is 0.324 e. The highest BCUT2D eigenvalue weighted by atomic mass is 16.2. The van der Waals surface area contributed by atoms with Crippen LogP contribution in [0.5, 0.6) is 0 Å². The Hall–Kier alpha value is -1.35.